The van der Waals surface area contributed by atoms with Gasteiger partial charge < -0.3 is 14.8 Å². The number of carbonyl (C=O) groups excluding carboxylic acids is 2. The van der Waals surface area contributed by atoms with Crippen LogP contribution in [-0.2, 0) is 11.3 Å². The Kier molecular flexibility index (Phi) is 6.44. The van der Waals surface area contributed by atoms with Gasteiger partial charge >= 0.3 is 0 Å². The standard InChI is InChI=1S/C23H26ClN3O2S/c1-2-10-25-21(28)17-7-11-26(12-8-17)22(29)20-14-18-9-13-30-23(18)27(20)15-16-3-5-19(24)6-4-16/h3-6,9,13-14,17H,2,7-8,10-12,15H2,1H3,(H,25,28). The summed E-state index contributed by atoms with van der Waals surface area (Å²) < 4.78 is 2.10. The van der Waals surface area contributed by atoms with E-state index in [2.05, 4.69) is 21.3 Å². The molecule has 1 aliphatic heterocycles. The number of benzene rings is 1. The molecule has 0 aliphatic carbocycles. The molecule has 2 aromatic heterocycles. The van der Waals surface area contributed by atoms with Gasteiger partial charge in [-0.15, -0.1) is 11.3 Å². The lowest BCUT2D eigenvalue weighted by Crippen LogP contribution is -2.43. The SMILES string of the molecule is CCCNC(=O)C1CCN(C(=O)c2cc3ccsc3n2Cc2ccc(Cl)cc2)CC1. The van der Waals surface area contributed by atoms with Gasteiger partial charge in [0.2, 0.25) is 5.91 Å². The highest BCUT2D eigenvalue weighted by atomic mass is 35.5. The van der Waals surface area contributed by atoms with E-state index in [-0.39, 0.29) is 17.7 Å². The van der Waals surface area contributed by atoms with Gasteiger partial charge in [0.25, 0.3) is 5.91 Å². The molecule has 0 spiro atoms. The molecule has 1 aliphatic rings. The number of fused-ring (bicyclic) bond motifs is 1. The number of nitrogens with zero attached hydrogens (tertiary/aromatic N) is 2. The predicted molar refractivity (Wildman–Crippen MR) is 122 cm³/mol. The third-order valence-corrected chi connectivity index (χ3v) is 6.88. The number of nitrogens with one attached hydrogen (secondary N) is 1. The fraction of sp³-hybridized carbons (Fsp3) is 0.391. The minimum Gasteiger partial charge on any atom is -0.356 e. The van der Waals surface area contributed by atoms with E-state index in [1.54, 1.807) is 11.3 Å². The first-order valence-electron chi connectivity index (χ1n) is 10.4. The van der Waals surface area contributed by atoms with Crippen molar-refractivity contribution in [1.29, 1.82) is 0 Å². The van der Waals surface area contributed by atoms with Crippen LogP contribution in [0.15, 0.2) is 41.8 Å². The summed E-state index contributed by atoms with van der Waals surface area (Å²) >= 11 is 7.67. The van der Waals surface area contributed by atoms with Crippen LogP contribution in [0.5, 0.6) is 0 Å². The highest BCUT2D eigenvalue weighted by molar-refractivity contribution is 7.16. The number of rotatable bonds is 6. The summed E-state index contributed by atoms with van der Waals surface area (Å²) in [6.07, 6.45) is 2.37. The predicted octanol–water partition coefficient (Wildman–Crippen LogP) is 4.78. The zero-order valence-electron chi connectivity index (χ0n) is 17.1. The number of likely N-dealkylation sites (tertiary alicyclic amines) is 1. The number of halogens is 1. The number of aromatic nitrogens is 1. The molecule has 7 heteroatoms. The Balaban J connectivity index is 1.50. The molecule has 1 saturated heterocycles. The van der Waals surface area contributed by atoms with Gasteiger partial charge in [0.05, 0.1) is 0 Å². The summed E-state index contributed by atoms with van der Waals surface area (Å²) in [4.78, 5) is 28.6. The Bertz CT molecular complexity index is 1030. The normalized spacial score (nSPS) is 14.9. The summed E-state index contributed by atoms with van der Waals surface area (Å²) in [5.74, 6) is 0.167. The van der Waals surface area contributed by atoms with Crippen LogP contribution < -0.4 is 5.32 Å². The van der Waals surface area contributed by atoms with E-state index in [9.17, 15) is 9.59 Å². The van der Waals surface area contributed by atoms with Crippen LogP contribution in [0.3, 0.4) is 0 Å². The number of hydrogen-bond acceptors (Lipinski definition) is 3. The summed E-state index contributed by atoms with van der Waals surface area (Å²) in [6, 6.07) is 11.8. The van der Waals surface area contributed by atoms with Gasteiger partial charge in [-0.25, -0.2) is 0 Å². The maximum absolute atomic E-state index is 13.4. The number of piperidine rings is 1. The van der Waals surface area contributed by atoms with Crippen LogP contribution in [0.25, 0.3) is 10.2 Å². The van der Waals surface area contributed by atoms with Crippen LogP contribution in [-0.4, -0.2) is 40.9 Å². The Labute approximate surface area is 185 Å². The van der Waals surface area contributed by atoms with Gasteiger partial charge in [-0.3, -0.25) is 9.59 Å². The Hall–Kier alpha value is -2.31. The molecule has 5 nitrogen and oxygen atoms in total. The van der Waals surface area contributed by atoms with E-state index in [1.807, 2.05) is 42.2 Å². The van der Waals surface area contributed by atoms with Gasteiger partial charge in [0, 0.05) is 42.5 Å². The molecule has 1 N–H and O–H groups in total. The van der Waals surface area contributed by atoms with Crippen molar-refractivity contribution in [1.82, 2.24) is 14.8 Å². The smallest absolute Gasteiger partial charge is 0.270 e. The molecule has 3 aromatic rings. The lowest BCUT2D eigenvalue weighted by atomic mass is 9.95. The second kappa shape index (κ2) is 9.23. The minimum atomic E-state index is 0.00458. The molecule has 0 saturated carbocycles. The zero-order chi connectivity index (χ0) is 21.1. The molecule has 2 amide bonds. The lowest BCUT2D eigenvalue weighted by molar-refractivity contribution is -0.126. The number of amides is 2. The molecule has 0 unspecified atom stereocenters. The number of hydrogen-bond donors (Lipinski definition) is 1. The summed E-state index contributed by atoms with van der Waals surface area (Å²) in [5, 5.41) is 6.82. The first-order valence-corrected chi connectivity index (χ1v) is 11.7. The fourth-order valence-corrected chi connectivity index (χ4v) is 5.00. The zero-order valence-corrected chi connectivity index (χ0v) is 18.6. The van der Waals surface area contributed by atoms with Crippen molar-refractivity contribution >= 4 is 45.0 Å². The highest BCUT2D eigenvalue weighted by Crippen LogP contribution is 2.28. The van der Waals surface area contributed by atoms with Crippen LogP contribution in [0.2, 0.25) is 5.02 Å². The maximum atomic E-state index is 13.4. The van der Waals surface area contributed by atoms with Crippen LogP contribution >= 0.6 is 22.9 Å². The molecule has 3 heterocycles. The molecular formula is C23H26ClN3O2S. The Morgan fingerprint density at radius 1 is 1.17 bits per heavy atom. The number of carbonyl (C=O) groups is 2. The largest absolute Gasteiger partial charge is 0.356 e. The van der Waals surface area contributed by atoms with E-state index in [0.717, 1.165) is 22.2 Å². The van der Waals surface area contributed by atoms with Gasteiger partial charge in [0.15, 0.2) is 0 Å². The maximum Gasteiger partial charge on any atom is 0.270 e. The van der Waals surface area contributed by atoms with E-state index >= 15 is 0 Å². The first kappa shape index (κ1) is 20.9. The highest BCUT2D eigenvalue weighted by Gasteiger charge is 2.29. The van der Waals surface area contributed by atoms with Gasteiger partial charge in [-0.1, -0.05) is 30.7 Å². The summed E-state index contributed by atoms with van der Waals surface area (Å²) in [6.45, 7) is 4.61. The van der Waals surface area contributed by atoms with E-state index in [4.69, 9.17) is 11.6 Å². The second-order valence-electron chi connectivity index (χ2n) is 7.78. The second-order valence-corrected chi connectivity index (χ2v) is 9.11. The molecule has 0 radical (unpaired) electrons. The molecule has 158 valence electrons. The molecule has 30 heavy (non-hydrogen) atoms. The molecular weight excluding hydrogens is 418 g/mol. The third kappa shape index (κ3) is 4.40. The Morgan fingerprint density at radius 3 is 2.60 bits per heavy atom. The van der Waals surface area contributed by atoms with Crippen LogP contribution in [0, 0.1) is 5.92 Å². The van der Waals surface area contributed by atoms with E-state index in [0.29, 0.717) is 49.7 Å². The first-order chi connectivity index (χ1) is 14.6. The van der Waals surface area contributed by atoms with Gasteiger partial charge in [-0.05, 0) is 54.5 Å². The van der Waals surface area contributed by atoms with Gasteiger partial charge in [-0.2, -0.15) is 0 Å². The quantitative estimate of drug-likeness (QED) is 0.595. The molecule has 1 aromatic carbocycles. The lowest BCUT2D eigenvalue weighted by Gasteiger charge is -2.31. The van der Waals surface area contributed by atoms with E-state index in [1.165, 1.54) is 0 Å². The van der Waals surface area contributed by atoms with E-state index < -0.39 is 0 Å². The minimum absolute atomic E-state index is 0.00458. The van der Waals surface area contributed by atoms with Gasteiger partial charge in [0.1, 0.15) is 10.5 Å². The molecule has 0 bridgehead atoms. The number of thiophene rings is 1. The molecule has 4 rings (SSSR count). The van der Waals surface area contributed by atoms with Crippen molar-refractivity contribution in [3.8, 4) is 0 Å². The summed E-state index contributed by atoms with van der Waals surface area (Å²) in [5.41, 5.74) is 1.81. The fourth-order valence-electron chi connectivity index (χ4n) is 3.98. The average molecular weight is 444 g/mol. The molecule has 1 fully saturated rings. The summed E-state index contributed by atoms with van der Waals surface area (Å²) in [7, 11) is 0. The monoisotopic (exact) mass is 443 g/mol. The van der Waals surface area contributed by atoms with Crippen LogP contribution in [0.1, 0.15) is 42.2 Å². The average Bonchev–Trinajstić information content (AvgIpc) is 3.36. The van der Waals surface area contributed by atoms with Crippen molar-refractivity contribution in [3.05, 3.63) is 58.1 Å². The Morgan fingerprint density at radius 2 is 1.90 bits per heavy atom. The van der Waals surface area contributed by atoms with Crippen molar-refractivity contribution in [3.63, 3.8) is 0 Å². The van der Waals surface area contributed by atoms with Crippen molar-refractivity contribution < 1.29 is 9.59 Å². The topological polar surface area (TPSA) is 54.3 Å². The van der Waals surface area contributed by atoms with Crippen molar-refractivity contribution in [2.45, 2.75) is 32.7 Å². The van der Waals surface area contributed by atoms with Crippen LogP contribution in [0.4, 0.5) is 0 Å². The third-order valence-electron chi connectivity index (χ3n) is 5.68. The van der Waals surface area contributed by atoms with Crippen molar-refractivity contribution in [2.75, 3.05) is 19.6 Å². The molecule has 0 atom stereocenters. The van der Waals surface area contributed by atoms with Crippen molar-refractivity contribution in [2.24, 2.45) is 5.92 Å².